The molecule has 0 aliphatic rings. The Balaban J connectivity index is 1.86. The molecular weight excluding hydrogens is 301 g/mol. The first kappa shape index (κ1) is 14.4. The number of hydrogen-bond acceptors (Lipinski definition) is 4. The standard InChI is InChI=1S/C17H12FNO2S/c1-11-15(17(20)21-14-5-3-2-4-6-14)22-16(19-11)12-7-9-13(18)10-8-12/h2-10H,1H3. The van der Waals surface area contributed by atoms with Crippen LogP contribution in [0.25, 0.3) is 10.6 Å². The van der Waals surface area contributed by atoms with Crippen LogP contribution in [0.5, 0.6) is 5.75 Å². The number of thiazole rings is 1. The van der Waals surface area contributed by atoms with Crippen LogP contribution in [0.3, 0.4) is 0 Å². The van der Waals surface area contributed by atoms with E-state index in [9.17, 15) is 9.18 Å². The van der Waals surface area contributed by atoms with E-state index in [1.54, 1.807) is 43.3 Å². The van der Waals surface area contributed by atoms with Gasteiger partial charge in [-0.15, -0.1) is 11.3 Å². The molecule has 22 heavy (non-hydrogen) atoms. The summed E-state index contributed by atoms with van der Waals surface area (Å²) in [5, 5.41) is 0.664. The van der Waals surface area contributed by atoms with Gasteiger partial charge in [0.1, 0.15) is 21.5 Å². The normalized spacial score (nSPS) is 10.5. The molecule has 1 aromatic heterocycles. The van der Waals surface area contributed by atoms with Gasteiger partial charge in [0, 0.05) is 5.56 Å². The highest BCUT2D eigenvalue weighted by Gasteiger charge is 2.18. The average Bonchev–Trinajstić information content (AvgIpc) is 2.91. The van der Waals surface area contributed by atoms with Crippen molar-refractivity contribution < 1.29 is 13.9 Å². The van der Waals surface area contributed by atoms with Crippen LogP contribution in [-0.4, -0.2) is 11.0 Å². The molecule has 0 atom stereocenters. The van der Waals surface area contributed by atoms with E-state index in [1.807, 2.05) is 6.07 Å². The van der Waals surface area contributed by atoms with E-state index in [2.05, 4.69) is 4.98 Å². The molecule has 2 aromatic carbocycles. The molecule has 0 N–H and O–H groups in total. The van der Waals surface area contributed by atoms with Gasteiger partial charge in [-0.1, -0.05) is 18.2 Å². The van der Waals surface area contributed by atoms with Crippen molar-refractivity contribution in [2.75, 3.05) is 0 Å². The van der Waals surface area contributed by atoms with Gasteiger partial charge >= 0.3 is 5.97 Å². The predicted octanol–water partition coefficient (Wildman–Crippen LogP) is 4.48. The molecule has 110 valence electrons. The molecule has 0 aliphatic heterocycles. The highest BCUT2D eigenvalue weighted by Crippen LogP contribution is 2.29. The predicted molar refractivity (Wildman–Crippen MR) is 83.6 cm³/mol. The van der Waals surface area contributed by atoms with Gasteiger partial charge in [0.15, 0.2) is 0 Å². The van der Waals surface area contributed by atoms with Crippen LogP contribution in [-0.2, 0) is 0 Å². The molecule has 3 aromatic rings. The number of para-hydroxylation sites is 1. The highest BCUT2D eigenvalue weighted by molar-refractivity contribution is 7.17. The number of nitrogens with zero attached hydrogens (tertiary/aromatic N) is 1. The van der Waals surface area contributed by atoms with E-state index < -0.39 is 5.97 Å². The van der Waals surface area contributed by atoms with Crippen molar-refractivity contribution in [3.05, 3.63) is 71.0 Å². The minimum absolute atomic E-state index is 0.305. The van der Waals surface area contributed by atoms with Crippen LogP contribution in [0.2, 0.25) is 0 Å². The second-order valence-electron chi connectivity index (χ2n) is 4.64. The van der Waals surface area contributed by atoms with Crippen LogP contribution in [0.1, 0.15) is 15.4 Å². The first-order valence-electron chi connectivity index (χ1n) is 6.64. The minimum atomic E-state index is -0.436. The lowest BCUT2D eigenvalue weighted by Gasteiger charge is -2.01. The third-order valence-corrected chi connectivity index (χ3v) is 4.21. The summed E-state index contributed by atoms with van der Waals surface area (Å²) >= 11 is 1.24. The van der Waals surface area contributed by atoms with E-state index in [0.717, 1.165) is 5.56 Å². The van der Waals surface area contributed by atoms with E-state index in [4.69, 9.17) is 4.74 Å². The number of halogens is 1. The summed E-state index contributed by atoms with van der Waals surface area (Å²) in [5.41, 5.74) is 1.37. The molecule has 5 heteroatoms. The summed E-state index contributed by atoms with van der Waals surface area (Å²) in [6, 6.07) is 14.9. The van der Waals surface area contributed by atoms with Gasteiger partial charge in [0.25, 0.3) is 0 Å². The lowest BCUT2D eigenvalue weighted by Crippen LogP contribution is -2.07. The van der Waals surface area contributed by atoms with Crippen molar-refractivity contribution >= 4 is 17.3 Å². The van der Waals surface area contributed by atoms with Gasteiger partial charge in [0.05, 0.1) is 5.69 Å². The molecule has 0 fully saturated rings. The number of benzene rings is 2. The molecule has 0 radical (unpaired) electrons. The van der Waals surface area contributed by atoms with Crippen molar-refractivity contribution in [3.8, 4) is 16.3 Å². The first-order valence-corrected chi connectivity index (χ1v) is 7.46. The summed E-state index contributed by atoms with van der Waals surface area (Å²) in [6.45, 7) is 1.76. The minimum Gasteiger partial charge on any atom is -0.422 e. The number of hydrogen-bond donors (Lipinski definition) is 0. The fourth-order valence-corrected chi connectivity index (χ4v) is 2.89. The molecule has 0 saturated carbocycles. The number of carbonyl (C=O) groups excluding carboxylic acids is 1. The maximum absolute atomic E-state index is 13.0. The van der Waals surface area contributed by atoms with Gasteiger partial charge in [-0.3, -0.25) is 0 Å². The third kappa shape index (κ3) is 3.04. The van der Waals surface area contributed by atoms with E-state index in [1.165, 1.54) is 23.5 Å². The lowest BCUT2D eigenvalue weighted by molar-refractivity contribution is 0.0739. The van der Waals surface area contributed by atoms with Gasteiger partial charge < -0.3 is 4.74 Å². The average molecular weight is 313 g/mol. The van der Waals surface area contributed by atoms with Crippen LogP contribution in [0.15, 0.2) is 54.6 Å². The maximum Gasteiger partial charge on any atom is 0.355 e. The number of rotatable bonds is 3. The smallest absolute Gasteiger partial charge is 0.355 e. The van der Waals surface area contributed by atoms with Crippen LogP contribution < -0.4 is 4.74 Å². The molecule has 0 aliphatic carbocycles. The topological polar surface area (TPSA) is 39.2 Å². The molecule has 0 saturated heterocycles. The SMILES string of the molecule is Cc1nc(-c2ccc(F)cc2)sc1C(=O)Oc1ccccc1. The van der Waals surface area contributed by atoms with Crippen molar-refractivity contribution in [1.82, 2.24) is 4.98 Å². The molecule has 0 amide bonds. The van der Waals surface area contributed by atoms with Crippen LogP contribution >= 0.6 is 11.3 Å². The number of carbonyl (C=O) groups is 1. The molecule has 0 unspecified atom stereocenters. The number of ether oxygens (including phenoxy) is 1. The number of esters is 1. The summed E-state index contributed by atoms with van der Waals surface area (Å²) in [4.78, 5) is 17.0. The molecule has 3 rings (SSSR count). The Bertz CT molecular complexity index is 797. The second kappa shape index (κ2) is 6.07. The Morgan fingerprint density at radius 3 is 2.45 bits per heavy atom. The molecular formula is C17H12FNO2S. The quantitative estimate of drug-likeness (QED) is 0.529. The second-order valence-corrected chi connectivity index (χ2v) is 5.64. The molecule has 1 heterocycles. The zero-order chi connectivity index (χ0) is 15.5. The Kier molecular flexibility index (Phi) is 3.98. The van der Waals surface area contributed by atoms with Crippen molar-refractivity contribution in [2.24, 2.45) is 0 Å². The molecule has 0 spiro atoms. The largest absolute Gasteiger partial charge is 0.422 e. The summed E-state index contributed by atoms with van der Waals surface area (Å²) in [6.07, 6.45) is 0. The lowest BCUT2D eigenvalue weighted by atomic mass is 10.2. The Hall–Kier alpha value is -2.53. The van der Waals surface area contributed by atoms with Crippen molar-refractivity contribution in [1.29, 1.82) is 0 Å². The fraction of sp³-hybridized carbons (Fsp3) is 0.0588. The van der Waals surface area contributed by atoms with E-state index >= 15 is 0 Å². The van der Waals surface area contributed by atoms with Gasteiger partial charge in [-0.05, 0) is 43.3 Å². The van der Waals surface area contributed by atoms with Crippen molar-refractivity contribution in [2.45, 2.75) is 6.92 Å². The Morgan fingerprint density at radius 1 is 1.09 bits per heavy atom. The van der Waals surface area contributed by atoms with Crippen molar-refractivity contribution in [3.63, 3.8) is 0 Å². The van der Waals surface area contributed by atoms with Crippen LogP contribution in [0.4, 0.5) is 4.39 Å². The van der Waals surface area contributed by atoms with E-state index in [-0.39, 0.29) is 5.82 Å². The third-order valence-electron chi connectivity index (χ3n) is 3.03. The summed E-state index contributed by atoms with van der Waals surface area (Å²) in [7, 11) is 0. The number of aryl methyl sites for hydroxylation is 1. The Labute approximate surface area is 131 Å². The van der Waals surface area contributed by atoms with Gasteiger partial charge in [-0.25, -0.2) is 14.2 Å². The zero-order valence-electron chi connectivity index (χ0n) is 11.7. The fourth-order valence-electron chi connectivity index (χ4n) is 1.94. The highest BCUT2D eigenvalue weighted by atomic mass is 32.1. The monoisotopic (exact) mass is 313 g/mol. The van der Waals surface area contributed by atoms with E-state index in [0.29, 0.717) is 21.3 Å². The van der Waals surface area contributed by atoms with Gasteiger partial charge in [-0.2, -0.15) is 0 Å². The maximum atomic E-state index is 13.0. The summed E-state index contributed by atoms with van der Waals surface area (Å²) in [5.74, 6) is -0.251. The Morgan fingerprint density at radius 2 is 1.77 bits per heavy atom. The van der Waals surface area contributed by atoms with Crippen LogP contribution in [0, 0.1) is 12.7 Å². The molecule has 0 bridgehead atoms. The first-order chi connectivity index (χ1) is 10.6. The van der Waals surface area contributed by atoms with Gasteiger partial charge in [0.2, 0.25) is 0 Å². The molecule has 3 nitrogen and oxygen atoms in total. The number of aromatic nitrogens is 1. The zero-order valence-corrected chi connectivity index (χ0v) is 12.6. The summed E-state index contributed by atoms with van der Waals surface area (Å²) < 4.78 is 18.3.